The molecule has 0 saturated carbocycles. The molecule has 0 aromatic heterocycles. The van der Waals surface area contributed by atoms with Gasteiger partial charge in [-0.15, -0.1) is 0 Å². The van der Waals surface area contributed by atoms with Crippen LogP contribution in [0.4, 0.5) is 5.69 Å². The van der Waals surface area contributed by atoms with E-state index in [9.17, 15) is 14.4 Å². The number of morpholine rings is 1. The Morgan fingerprint density at radius 3 is 2.33 bits per heavy atom. The Morgan fingerprint density at radius 2 is 1.64 bits per heavy atom. The number of carbonyl (C=O) groups is 3. The zero-order chi connectivity index (χ0) is 22.9. The van der Waals surface area contributed by atoms with Gasteiger partial charge in [0.15, 0.2) is 0 Å². The van der Waals surface area contributed by atoms with Gasteiger partial charge in [-0.1, -0.05) is 24.3 Å². The lowest BCUT2D eigenvalue weighted by Gasteiger charge is -2.32. The highest BCUT2D eigenvalue weighted by atomic mass is 16.5. The smallest absolute Gasteiger partial charge is 0.337 e. The van der Waals surface area contributed by atoms with Crippen molar-refractivity contribution in [3.63, 3.8) is 0 Å². The Hall–Kier alpha value is -3.71. The molecule has 1 fully saturated rings. The molecule has 0 spiro atoms. The minimum atomic E-state index is -0.399. The third-order valence-electron chi connectivity index (χ3n) is 6.32. The second kappa shape index (κ2) is 8.67. The van der Waals surface area contributed by atoms with Gasteiger partial charge in [-0.3, -0.25) is 14.5 Å². The van der Waals surface area contributed by atoms with Crippen LogP contribution in [-0.2, 0) is 15.9 Å². The average molecular weight is 444 g/mol. The van der Waals surface area contributed by atoms with Gasteiger partial charge in [0.2, 0.25) is 0 Å². The third kappa shape index (κ3) is 3.74. The van der Waals surface area contributed by atoms with Gasteiger partial charge in [-0.25, -0.2) is 4.79 Å². The summed E-state index contributed by atoms with van der Waals surface area (Å²) in [7, 11) is 1.34. The molecular weight excluding hydrogens is 420 g/mol. The predicted octanol–water partition coefficient (Wildman–Crippen LogP) is 3.30. The van der Waals surface area contributed by atoms with E-state index in [0.29, 0.717) is 36.3 Å². The fraction of sp³-hybridized carbons (Fsp3) is 0.269. The van der Waals surface area contributed by atoms with Crippen LogP contribution < -0.4 is 4.90 Å². The van der Waals surface area contributed by atoms with E-state index in [0.717, 1.165) is 35.1 Å². The van der Waals surface area contributed by atoms with E-state index in [1.165, 1.54) is 12.0 Å². The summed E-state index contributed by atoms with van der Waals surface area (Å²) >= 11 is 0. The van der Waals surface area contributed by atoms with Gasteiger partial charge in [0.25, 0.3) is 11.8 Å². The molecule has 33 heavy (non-hydrogen) atoms. The minimum absolute atomic E-state index is 0.260. The number of carbonyl (C=O) groups excluding carboxylic acids is 3. The Bertz CT molecular complexity index is 1220. The molecular formula is C26H24N2O5. The van der Waals surface area contributed by atoms with Gasteiger partial charge in [-0.2, -0.15) is 0 Å². The lowest BCUT2D eigenvalue weighted by Crippen LogP contribution is -2.42. The topological polar surface area (TPSA) is 76.2 Å². The van der Waals surface area contributed by atoms with E-state index < -0.39 is 5.97 Å². The van der Waals surface area contributed by atoms with Crippen LogP contribution in [0.3, 0.4) is 0 Å². The lowest BCUT2D eigenvalue weighted by atomic mass is 9.92. The molecule has 0 aliphatic carbocycles. The van der Waals surface area contributed by atoms with E-state index in [-0.39, 0.29) is 18.4 Å². The van der Waals surface area contributed by atoms with Crippen molar-refractivity contribution in [1.29, 1.82) is 0 Å². The lowest BCUT2D eigenvalue weighted by molar-refractivity contribution is 0.0594. The maximum atomic E-state index is 13.3. The summed E-state index contributed by atoms with van der Waals surface area (Å²) < 4.78 is 10.2. The number of hydrogen-bond acceptors (Lipinski definition) is 6. The molecule has 3 aromatic carbocycles. The molecule has 2 aliphatic rings. The van der Waals surface area contributed by atoms with E-state index in [4.69, 9.17) is 9.47 Å². The molecule has 0 bridgehead atoms. The number of rotatable bonds is 5. The highest BCUT2D eigenvalue weighted by Crippen LogP contribution is 2.36. The van der Waals surface area contributed by atoms with Crippen LogP contribution in [-0.4, -0.2) is 62.6 Å². The van der Waals surface area contributed by atoms with Crippen LogP contribution in [0.5, 0.6) is 0 Å². The van der Waals surface area contributed by atoms with Gasteiger partial charge in [0.1, 0.15) is 0 Å². The standard InChI is InChI=1S/C26H24N2O5/c1-32-26(31)18-7-5-17(6-8-18)11-12-28-24(29)20-4-2-3-19-22(27-13-15-33-16-14-27)10-9-21(23(19)20)25(28)30/h2-10H,11-16H2,1H3. The molecule has 2 aliphatic heterocycles. The zero-order valence-corrected chi connectivity index (χ0v) is 18.4. The molecule has 0 radical (unpaired) electrons. The summed E-state index contributed by atoms with van der Waals surface area (Å²) in [6.45, 7) is 3.14. The number of ether oxygens (including phenoxy) is 2. The Morgan fingerprint density at radius 1 is 0.939 bits per heavy atom. The van der Waals surface area contributed by atoms with Crippen LogP contribution in [0.2, 0.25) is 0 Å². The number of esters is 1. The average Bonchev–Trinajstić information content (AvgIpc) is 2.87. The number of anilines is 1. The van der Waals surface area contributed by atoms with Crippen molar-refractivity contribution >= 4 is 34.2 Å². The maximum absolute atomic E-state index is 13.3. The summed E-state index contributed by atoms with van der Waals surface area (Å²) in [6, 6.07) is 16.5. The molecule has 7 nitrogen and oxygen atoms in total. The van der Waals surface area contributed by atoms with Crippen LogP contribution in [0.15, 0.2) is 54.6 Å². The van der Waals surface area contributed by atoms with E-state index in [1.807, 2.05) is 36.4 Å². The van der Waals surface area contributed by atoms with Crippen molar-refractivity contribution < 1.29 is 23.9 Å². The number of nitrogens with zero attached hydrogens (tertiary/aromatic N) is 2. The third-order valence-corrected chi connectivity index (χ3v) is 6.32. The summed E-state index contributed by atoms with van der Waals surface area (Å²) in [4.78, 5) is 41.8. The first kappa shape index (κ1) is 21.2. The van der Waals surface area contributed by atoms with Crippen molar-refractivity contribution in [3.05, 3.63) is 76.9 Å². The molecule has 2 heterocycles. The molecule has 5 rings (SSSR count). The summed E-state index contributed by atoms with van der Waals surface area (Å²) in [5.41, 5.74) is 3.52. The van der Waals surface area contributed by atoms with Crippen molar-refractivity contribution in [1.82, 2.24) is 4.90 Å². The van der Waals surface area contributed by atoms with Crippen molar-refractivity contribution in [2.24, 2.45) is 0 Å². The highest BCUT2D eigenvalue weighted by molar-refractivity contribution is 6.26. The van der Waals surface area contributed by atoms with Crippen LogP contribution in [0.1, 0.15) is 36.6 Å². The Balaban J connectivity index is 1.42. The fourth-order valence-electron chi connectivity index (χ4n) is 4.58. The van der Waals surface area contributed by atoms with E-state index in [1.54, 1.807) is 18.2 Å². The number of benzene rings is 3. The normalized spacial score (nSPS) is 15.8. The van der Waals surface area contributed by atoms with Crippen LogP contribution in [0.25, 0.3) is 10.8 Å². The summed E-state index contributed by atoms with van der Waals surface area (Å²) in [6.07, 6.45) is 0.496. The Kier molecular flexibility index (Phi) is 5.56. The molecule has 168 valence electrons. The Labute approximate surface area is 191 Å². The number of hydrogen-bond donors (Lipinski definition) is 0. The molecule has 1 saturated heterocycles. The summed E-state index contributed by atoms with van der Waals surface area (Å²) in [5.74, 6) is -0.948. The molecule has 0 unspecified atom stereocenters. The van der Waals surface area contributed by atoms with Gasteiger partial charge in [0, 0.05) is 47.2 Å². The first-order valence-corrected chi connectivity index (χ1v) is 11.0. The van der Waals surface area contributed by atoms with Crippen molar-refractivity contribution in [3.8, 4) is 0 Å². The van der Waals surface area contributed by atoms with Gasteiger partial charge in [-0.05, 0) is 42.3 Å². The zero-order valence-electron chi connectivity index (χ0n) is 18.4. The summed E-state index contributed by atoms with van der Waals surface area (Å²) in [5, 5.41) is 1.65. The van der Waals surface area contributed by atoms with Crippen molar-refractivity contribution in [2.75, 3.05) is 44.9 Å². The second-order valence-electron chi connectivity index (χ2n) is 8.16. The molecule has 2 amide bonds. The van der Waals surface area contributed by atoms with Gasteiger partial charge < -0.3 is 14.4 Å². The van der Waals surface area contributed by atoms with E-state index in [2.05, 4.69) is 4.90 Å². The molecule has 7 heteroatoms. The number of amides is 2. The number of methoxy groups -OCH3 is 1. The quantitative estimate of drug-likeness (QED) is 0.444. The molecule has 3 aromatic rings. The SMILES string of the molecule is COC(=O)c1ccc(CCN2C(=O)c3cccc4c(N5CCOCC5)ccc(c34)C2=O)cc1. The first-order valence-electron chi connectivity index (χ1n) is 11.0. The van der Waals surface area contributed by atoms with Crippen LogP contribution >= 0.6 is 0 Å². The maximum Gasteiger partial charge on any atom is 0.337 e. The molecule has 0 atom stereocenters. The van der Waals surface area contributed by atoms with Crippen LogP contribution in [0, 0.1) is 0 Å². The second-order valence-corrected chi connectivity index (χ2v) is 8.16. The fourth-order valence-corrected chi connectivity index (χ4v) is 4.58. The molecule has 0 N–H and O–H groups in total. The minimum Gasteiger partial charge on any atom is -0.465 e. The van der Waals surface area contributed by atoms with Gasteiger partial charge in [0.05, 0.1) is 25.9 Å². The number of imide groups is 1. The largest absolute Gasteiger partial charge is 0.465 e. The van der Waals surface area contributed by atoms with Crippen molar-refractivity contribution in [2.45, 2.75) is 6.42 Å². The monoisotopic (exact) mass is 444 g/mol. The van der Waals surface area contributed by atoms with E-state index >= 15 is 0 Å². The van der Waals surface area contributed by atoms with Gasteiger partial charge >= 0.3 is 5.97 Å². The first-order chi connectivity index (χ1) is 16.1. The highest BCUT2D eigenvalue weighted by Gasteiger charge is 2.33. The predicted molar refractivity (Wildman–Crippen MR) is 124 cm³/mol.